The van der Waals surface area contributed by atoms with Crippen LogP contribution in [0.25, 0.3) is 0 Å². The Hall–Kier alpha value is -2.08. The van der Waals surface area contributed by atoms with Crippen molar-refractivity contribution in [1.82, 2.24) is 4.90 Å². The normalized spacial score (nSPS) is 23.1. The van der Waals surface area contributed by atoms with E-state index in [0.29, 0.717) is 25.4 Å². The van der Waals surface area contributed by atoms with Crippen LogP contribution >= 0.6 is 0 Å². The minimum Gasteiger partial charge on any atom is -0.497 e. The van der Waals surface area contributed by atoms with Crippen molar-refractivity contribution in [3.05, 3.63) is 29.8 Å². The molecule has 6 heteroatoms. The Morgan fingerprint density at radius 3 is 3.08 bits per heavy atom. The molecule has 0 bridgehead atoms. The van der Waals surface area contributed by atoms with Crippen LogP contribution in [0.4, 0.5) is 0 Å². The van der Waals surface area contributed by atoms with Crippen molar-refractivity contribution < 1.29 is 19.1 Å². The topological polar surface area (TPSA) is 60.4 Å². The number of oxime groups is 1. The number of hydrogen-bond acceptors (Lipinski definition) is 5. The number of rotatable bonds is 6. The molecule has 25 heavy (non-hydrogen) atoms. The maximum absolute atomic E-state index is 12.7. The number of likely N-dealkylation sites (tertiary alicyclic amines) is 1. The molecule has 0 aromatic heterocycles. The van der Waals surface area contributed by atoms with Gasteiger partial charge in [0.05, 0.1) is 19.4 Å². The SMILES string of the molecule is COCC1CCCN(C(=O)C2CC(Cc3cccc(OC)c3)=NO2)C1. The number of ether oxygens (including phenoxy) is 2. The molecule has 2 aliphatic rings. The van der Waals surface area contributed by atoms with Gasteiger partial charge < -0.3 is 19.2 Å². The molecule has 6 nitrogen and oxygen atoms in total. The first-order valence-corrected chi connectivity index (χ1v) is 8.82. The van der Waals surface area contributed by atoms with E-state index in [1.54, 1.807) is 14.2 Å². The second-order valence-corrected chi connectivity index (χ2v) is 6.73. The molecule has 0 aliphatic carbocycles. The van der Waals surface area contributed by atoms with Crippen molar-refractivity contribution in [2.45, 2.75) is 31.8 Å². The van der Waals surface area contributed by atoms with Crippen LogP contribution in [0, 0.1) is 5.92 Å². The van der Waals surface area contributed by atoms with Gasteiger partial charge in [0.2, 0.25) is 6.10 Å². The lowest BCUT2D eigenvalue weighted by Gasteiger charge is -2.33. The monoisotopic (exact) mass is 346 g/mol. The summed E-state index contributed by atoms with van der Waals surface area (Å²) in [5.41, 5.74) is 2.00. The summed E-state index contributed by atoms with van der Waals surface area (Å²) in [5, 5.41) is 4.14. The molecule has 2 aliphatic heterocycles. The van der Waals surface area contributed by atoms with Gasteiger partial charge in [0, 0.05) is 33.0 Å². The first-order chi connectivity index (χ1) is 12.2. The van der Waals surface area contributed by atoms with Gasteiger partial charge in [-0.2, -0.15) is 0 Å². The zero-order chi connectivity index (χ0) is 17.6. The zero-order valence-electron chi connectivity index (χ0n) is 14.9. The molecule has 1 aromatic carbocycles. The third-order valence-corrected chi connectivity index (χ3v) is 4.78. The summed E-state index contributed by atoms with van der Waals surface area (Å²) in [4.78, 5) is 20.1. The van der Waals surface area contributed by atoms with Crippen molar-refractivity contribution in [2.75, 3.05) is 33.9 Å². The van der Waals surface area contributed by atoms with Gasteiger partial charge in [-0.3, -0.25) is 4.79 Å². The minimum atomic E-state index is -0.484. The van der Waals surface area contributed by atoms with Crippen LogP contribution in [0.1, 0.15) is 24.8 Å². The van der Waals surface area contributed by atoms with Gasteiger partial charge in [-0.15, -0.1) is 0 Å². The second kappa shape index (κ2) is 8.34. The number of hydrogen-bond donors (Lipinski definition) is 0. The van der Waals surface area contributed by atoms with Crippen LogP contribution in [-0.2, 0) is 20.8 Å². The van der Waals surface area contributed by atoms with E-state index in [0.717, 1.165) is 43.0 Å². The zero-order valence-corrected chi connectivity index (χ0v) is 14.9. The lowest BCUT2D eigenvalue weighted by molar-refractivity contribution is -0.144. The first kappa shape index (κ1) is 17.7. The van der Waals surface area contributed by atoms with E-state index in [1.165, 1.54) is 0 Å². The van der Waals surface area contributed by atoms with Gasteiger partial charge in [0.1, 0.15) is 5.75 Å². The summed E-state index contributed by atoms with van der Waals surface area (Å²) in [7, 11) is 3.36. The van der Waals surface area contributed by atoms with Gasteiger partial charge in [0.15, 0.2) is 0 Å². The first-order valence-electron chi connectivity index (χ1n) is 8.82. The molecule has 1 fully saturated rings. The fourth-order valence-electron chi connectivity index (χ4n) is 3.52. The Balaban J connectivity index is 1.53. The quantitative estimate of drug-likeness (QED) is 0.793. The van der Waals surface area contributed by atoms with Gasteiger partial charge in [0.25, 0.3) is 5.91 Å². The Morgan fingerprint density at radius 2 is 2.28 bits per heavy atom. The van der Waals surface area contributed by atoms with Gasteiger partial charge in [-0.25, -0.2) is 0 Å². The maximum atomic E-state index is 12.7. The van der Waals surface area contributed by atoms with Crippen molar-refractivity contribution in [1.29, 1.82) is 0 Å². The molecule has 3 rings (SSSR count). The van der Waals surface area contributed by atoms with Gasteiger partial charge in [-0.1, -0.05) is 17.3 Å². The number of carbonyl (C=O) groups excluding carboxylic acids is 1. The van der Waals surface area contributed by atoms with E-state index in [9.17, 15) is 4.79 Å². The molecular weight excluding hydrogens is 320 g/mol. The number of amides is 1. The second-order valence-electron chi connectivity index (χ2n) is 6.73. The highest BCUT2D eigenvalue weighted by Gasteiger charge is 2.34. The Morgan fingerprint density at radius 1 is 1.40 bits per heavy atom. The average molecular weight is 346 g/mol. The fraction of sp³-hybridized carbons (Fsp3) is 0.579. The highest BCUT2D eigenvalue weighted by Crippen LogP contribution is 2.22. The standard InChI is InChI=1S/C19H26N2O4/c1-23-13-15-6-4-8-21(12-15)19(22)18-11-16(20-25-18)9-14-5-3-7-17(10-14)24-2/h3,5,7,10,15,18H,4,6,8-9,11-13H2,1-2H3. The highest BCUT2D eigenvalue weighted by atomic mass is 16.6. The van der Waals surface area contributed by atoms with Crippen molar-refractivity contribution in [2.24, 2.45) is 11.1 Å². The molecule has 2 atom stereocenters. The molecule has 1 saturated heterocycles. The third-order valence-electron chi connectivity index (χ3n) is 4.78. The van der Waals surface area contributed by atoms with Crippen molar-refractivity contribution in [3.63, 3.8) is 0 Å². The third kappa shape index (κ3) is 4.51. The molecule has 2 heterocycles. The van der Waals surface area contributed by atoms with Crippen LogP contribution in [0.3, 0.4) is 0 Å². The number of nitrogens with zero attached hydrogens (tertiary/aromatic N) is 2. The molecule has 0 saturated carbocycles. The predicted molar refractivity (Wildman–Crippen MR) is 94.8 cm³/mol. The van der Waals surface area contributed by atoms with E-state index in [2.05, 4.69) is 5.16 Å². The van der Waals surface area contributed by atoms with Crippen LogP contribution in [0.2, 0.25) is 0 Å². The molecule has 0 spiro atoms. The van der Waals surface area contributed by atoms with Crippen molar-refractivity contribution >= 4 is 11.6 Å². The minimum absolute atomic E-state index is 0.0465. The van der Waals surface area contributed by atoms with Gasteiger partial charge >= 0.3 is 0 Å². The van der Waals surface area contributed by atoms with Gasteiger partial charge in [-0.05, 0) is 36.5 Å². The lowest BCUT2D eigenvalue weighted by atomic mass is 9.97. The molecule has 1 amide bonds. The number of benzene rings is 1. The van der Waals surface area contributed by atoms with Crippen LogP contribution in [0.5, 0.6) is 5.75 Å². The summed E-state index contributed by atoms with van der Waals surface area (Å²) in [5.74, 6) is 1.29. The van der Waals surface area contributed by atoms with Crippen LogP contribution in [-0.4, -0.2) is 56.5 Å². The number of piperidine rings is 1. The molecule has 2 unspecified atom stereocenters. The average Bonchev–Trinajstić information content (AvgIpc) is 3.10. The summed E-state index contributed by atoms with van der Waals surface area (Å²) in [6, 6.07) is 7.88. The molecule has 0 N–H and O–H groups in total. The fourth-order valence-corrected chi connectivity index (χ4v) is 3.52. The van der Waals surface area contributed by atoms with E-state index >= 15 is 0 Å². The van der Waals surface area contributed by atoms with E-state index in [4.69, 9.17) is 14.3 Å². The lowest BCUT2D eigenvalue weighted by Crippen LogP contribution is -2.45. The van der Waals surface area contributed by atoms with E-state index < -0.39 is 6.10 Å². The summed E-state index contributed by atoms with van der Waals surface area (Å²) in [6.07, 6.45) is 2.88. The Bertz CT molecular complexity index is 630. The largest absolute Gasteiger partial charge is 0.497 e. The molecular formula is C19H26N2O4. The smallest absolute Gasteiger partial charge is 0.266 e. The van der Waals surface area contributed by atoms with Crippen molar-refractivity contribution in [3.8, 4) is 5.75 Å². The number of carbonyl (C=O) groups is 1. The summed E-state index contributed by atoms with van der Waals surface area (Å²) >= 11 is 0. The predicted octanol–water partition coefficient (Wildman–Crippen LogP) is 2.27. The number of methoxy groups -OCH3 is 2. The van der Waals surface area contributed by atoms with Crippen LogP contribution in [0.15, 0.2) is 29.4 Å². The highest BCUT2D eigenvalue weighted by molar-refractivity contribution is 5.94. The Labute approximate surface area is 148 Å². The molecule has 0 radical (unpaired) electrons. The van der Waals surface area contributed by atoms with E-state index in [1.807, 2.05) is 29.2 Å². The molecule has 1 aromatic rings. The summed E-state index contributed by atoms with van der Waals surface area (Å²) in [6.45, 7) is 2.24. The summed E-state index contributed by atoms with van der Waals surface area (Å²) < 4.78 is 10.5. The molecule has 136 valence electrons. The Kier molecular flexibility index (Phi) is 5.91. The van der Waals surface area contributed by atoms with E-state index in [-0.39, 0.29) is 5.91 Å². The van der Waals surface area contributed by atoms with Crippen LogP contribution < -0.4 is 4.74 Å². The maximum Gasteiger partial charge on any atom is 0.266 e.